The minimum atomic E-state index is -0.484. The van der Waals surface area contributed by atoms with Crippen LogP contribution < -0.4 is 16.3 Å². The van der Waals surface area contributed by atoms with Gasteiger partial charge in [0.05, 0.1) is 10.0 Å². The normalized spacial score (nSPS) is 11.9. The number of hydrazine groups is 1. The van der Waals surface area contributed by atoms with Gasteiger partial charge in [-0.05, 0) is 0 Å². The third-order valence-electron chi connectivity index (χ3n) is 1.80. The lowest BCUT2D eigenvalue weighted by molar-refractivity contribution is 0.403. The average molecular weight is 249 g/mol. The highest BCUT2D eigenvalue weighted by atomic mass is 35.5. The minimum Gasteiger partial charge on any atom is -0.503 e. The van der Waals surface area contributed by atoms with Gasteiger partial charge >= 0.3 is 0 Å². The van der Waals surface area contributed by atoms with E-state index in [1.54, 1.807) is 7.05 Å². The van der Waals surface area contributed by atoms with E-state index in [9.17, 15) is 10.2 Å². The maximum absolute atomic E-state index is 9.43. The maximum atomic E-state index is 9.43. The molecule has 82 valence electrons. The first-order valence-corrected chi connectivity index (χ1v) is 4.69. The summed E-state index contributed by atoms with van der Waals surface area (Å²) in [6.07, 6.45) is 1.44. The van der Waals surface area contributed by atoms with E-state index in [-0.39, 0.29) is 10.0 Å². The third-order valence-corrected chi connectivity index (χ3v) is 2.59. The molecule has 0 atom stereocenters. The van der Waals surface area contributed by atoms with Crippen molar-refractivity contribution >= 4 is 36.0 Å². The fourth-order valence-electron chi connectivity index (χ4n) is 1.07. The molecular weight excluding hydrogens is 239 g/mol. The second-order valence-electron chi connectivity index (χ2n) is 3.01. The number of phenolic OH excluding ortho intramolecular Hbond substituents is 2. The van der Waals surface area contributed by atoms with E-state index >= 15 is 0 Å². The van der Waals surface area contributed by atoms with Crippen LogP contribution in [-0.4, -0.2) is 22.3 Å². The SMILES string of the molecule is C=c1c(Cl)c(O)c(O)c(Cl)/c1=C/N(C)N. The van der Waals surface area contributed by atoms with Crippen LogP contribution in [0.3, 0.4) is 0 Å². The van der Waals surface area contributed by atoms with Crippen molar-refractivity contribution in [3.63, 3.8) is 0 Å². The molecule has 6 heteroatoms. The van der Waals surface area contributed by atoms with E-state index in [0.717, 1.165) is 0 Å². The Labute approximate surface area is 96.4 Å². The number of aromatic hydroxyl groups is 2. The average Bonchev–Trinajstić information content (AvgIpc) is 2.18. The van der Waals surface area contributed by atoms with E-state index in [1.807, 2.05) is 0 Å². The first kappa shape index (κ1) is 12.0. The molecule has 0 aromatic heterocycles. The van der Waals surface area contributed by atoms with Crippen molar-refractivity contribution in [1.29, 1.82) is 0 Å². The van der Waals surface area contributed by atoms with Crippen molar-refractivity contribution in [1.82, 2.24) is 5.01 Å². The van der Waals surface area contributed by atoms with Gasteiger partial charge in [-0.25, -0.2) is 5.84 Å². The van der Waals surface area contributed by atoms with Crippen molar-refractivity contribution in [2.45, 2.75) is 0 Å². The molecule has 4 N–H and O–H groups in total. The molecule has 0 heterocycles. The standard InChI is InChI=1S/C9H10Cl2N2O2/c1-4-5(3-13(2)12)7(11)9(15)8(14)6(4)10/h3,14-15H,1,12H2,2H3/b5-3+. The molecule has 0 saturated heterocycles. The number of nitrogens with two attached hydrogens (primary N) is 1. The molecule has 0 fully saturated rings. The summed E-state index contributed by atoms with van der Waals surface area (Å²) < 4.78 is 0. The molecule has 0 aliphatic rings. The van der Waals surface area contributed by atoms with E-state index in [2.05, 4.69) is 6.58 Å². The van der Waals surface area contributed by atoms with Crippen LogP contribution in [0.5, 0.6) is 11.5 Å². The van der Waals surface area contributed by atoms with Gasteiger partial charge in [0.1, 0.15) is 0 Å². The molecule has 0 bridgehead atoms. The number of nitrogens with zero attached hydrogens (tertiary/aromatic N) is 1. The summed E-state index contributed by atoms with van der Waals surface area (Å²) in [5.41, 5.74) is 0. The number of rotatable bonds is 1. The van der Waals surface area contributed by atoms with Crippen LogP contribution in [-0.2, 0) is 0 Å². The molecule has 0 radical (unpaired) electrons. The first-order chi connectivity index (χ1) is 6.86. The molecule has 0 aliphatic heterocycles. The monoisotopic (exact) mass is 248 g/mol. The molecule has 4 nitrogen and oxygen atoms in total. The highest BCUT2D eigenvalue weighted by molar-refractivity contribution is 6.35. The molecule has 0 aliphatic carbocycles. The Bertz CT molecular complexity index is 500. The summed E-state index contributed by atoms with van der Waals surface area (Å²) in [5.74, 6) is 4.44. The number of halogens is 2. The highest BCUT2D eigenvalue weighted by Crippen LogP contribution is 2.33. The zero-order chi connectivity index (χ0) is 11.7. The number of hydrogen-bond acceptors (Lipinski definition) is 4. The lowest BCUT2D eigenvalue weighted by Gasteiger charge is -2.08. The van der Waals surface area contributed by atoms with Gasteiger partial charge in [-0.2, -0.15) is 0 Å². The fourth-order valence-corrected chi connectivity index (χ4v) is 1.51. The smallest absolute Gasteiger partial charge is 0.178 e. The van der Waals surface area contributed by atoms with Gasteiger partial charge in [-0.1, -0.05) is 29.8 Å². The largest absolute Gasteiger partial charge is 0.503 e. The maximum Gasteiger partial charge on any atom is 0.178 e. The number of benzene rings is 1. The second-order valence-corrected chi connectivity index (χ2v) is 3.77. The lowest BCUT2D eigenvalue weighted by atomic mass is 10.2. The third kappa shape index (κ3) is 2.12. The molecule has 0 spiro atoms. The summed E-state index contributed by atoms with van der Waals surface area (Å²) in [5, 5.41) is 20.6. The zero-order valence-electron chi connectivity index (χ0n) is 7.96. The van der Waals surface area contributed by atoms with Gasteiger partial charge in [0.25, 0.3) is 0 Å². The molecule has 1 aromatic rings. The van der Waals surface area contributed by atoms with Crippen LogP contribution in [0, 0.1) is 0 Å². The Morgan fingerprint density at radius 3 is 2.20 bits per heavy atom. The van der Waals surface area contributed by atoms with Crippen molar-refractivity contribution < 1.29 is 10.2 Å². The van der Waals surface area contributed by atoms with Gasteiger partial charge in [-0.3, -0.25) is 0 Å². The molecular formula is C9H10Cl2N2O2. The lowest BCUT2D eigenvalue weighted by Crippen LogP contribution is -2.31. The first-order valence-electron chi connectivity index (χ1n) is 3.93. The molecule has 0 unspecified atom stereocenters. The van der Waals surface area contributed by atoms with Gasteiger partial charge < -0.3 is 15.2 Å². The Kier molecular flexibility index (Phi) is 3.34. The molecule has 0 saturated carbocycles. The Balaban J connectivity index is 3.76. The van der Waals surface area contributed by atoms with Crippen molar-refractivity contribution in [3.05, 3.63) is 20.5 Å². The minimum absolute atomic E-state index is 0.0424. The van der Waals surface area contributed by atoms with Gasteiger partial charge in [-0.15, -0.1) is 0 Å². The van der Waals surface area contributed by atoms with Crippen LogP contribution in [0.2, 0.25) is 10.0 Å². The van der Waals surface area contributed by atoms with Crippen LogP contribution >= 0.6 is 23.2 Å². The number of hydrogen-bond donors (Lipinski definition) is 3. The quantitative estimate of drug-likeness (QED) is 0.382. The predicted molar refractivity (Wildman–Crippen MR) is 61.0 cm³/mol. The molecule has 15 heavy (non-hydrogen) atoms. The molecule has 1 rings (SSSR count). The summed E-state index contributed by atoms with van der Waals surface area (Å²) >= 11 is 11.5. The highest BCUT2D eigenvalue weighted by Gasteiger charge is 2.12. The zero-order valence-corrected chi connectivity index (χ0v) is 9.47. The fraction of sp³-hybridized carbons (Fsp3) is 0.111. The van der Waals surface area contributed by atoms with E-state index in [4.69, 9.17) is 29.0 Å². The summed E-state index contributed by atoms with van der Waals surface area (Å²) in [4.78, 5) is 0. The topological polar surface area (TPSA) is 69.7 Å². The van der Waals surface area contributed by atoms with Crippen molar-refractivity contribution in [3.8, 4) is 11.5 Å². The van der Waals surface area contributed by atoms with Gasteiger partial charge in [0.15, 0.2) is 11.5 Å². The van der Waals surface area contributed by atoms with Gasteiger partial charge in [0, 0.05) is 23.7 Å². The van der Waals surface area contributed by atoms with Crippen LogP contribution in [0.15, 0.2) is 0 Å². The molecule has 0 amide bonds. The summed E-state index contributed by atoms with van der Waals surface area (Å²) in [6.45, 7) is 3.63. The Hall–Kier alpha value is -1.10. The van der Waals surface area contributed by atoms with Crippen LogP contribution in [0.4, 0.5) is 0 Å². The summed E-state index contributed by atoms with van der Waals surface area (Å²) in [6, 6.07) is 0. The van der Waals surface area contributed by atoms with Gasteiger partial charge in [0.2, 0.25) is 0 Å². The van der Waals surface area contributed by atoms with Crippen LogP contribution in [0.25, 0.3) is 12.8 Å². The van der Waals surface area contributed by atoms with Crippen molar-refractivity contribution in [2.24, 2.45) is 5.84 Å². The summed E-state index contributed by atoms with van der Waals surface area (Å²) in [7, 11) is 1.58. The Morgan fingerprint density at radius 1 is 1.27 bits per heavy atom. The van der Waals surface area contributed by atoms with E-state index in [0.29, 0.717) is 10.4 Å². The molecule has 1 aromatic carbocycles. The van der Waals surface area contributed by atoms with Crippen LogP contribution in [0.1, 0.15) is 0 Å². The van der Waals surface area contributed by atoms with E-state index < -0.39 is 11.5 Å². The predicted octanol–water partition coefficient (Wildman–Crippen LogP) is 0.358. The number of phenols is 2. The Morgan fingerprint density at radius 2 is 1.73 bits per heavy atom. The van der Waals surface area contributed by atoms with Crippen molar-refractivity contribution in [2.75, 3.05) is 7.05 Å². The van der Waals surface area contributed by atoms with E-state index in [1.165, 1.54) is 11.2 Å². The second kappa shape index (κ2) is 4.18.